The van der Waals surface area contributed by atoms with Crippen LogP contribution in [0, 0.1) is 17.0 Å². The molecule has 0 saturated heterocycles. The second-order valence-corrected chi connectivity index (χ2v) is 8.22. The molecule has 10 heteroatoms. The summed E-state index contributed by atoms with van der Waals surface area (Å²) < 4.78 is 7.37. The predicted molar refractivity (Wildman–Crippen MR) is 131 cm³/mol. The Bertz CT molecular complexity index is 1340. The van der Waals surface area contributed by atoms with Gasteiger partial charge in [-0.1, -0.05) is 48.2 Å². The number of amides is 1. The van der Waals surface area contributed by atoms with Gasteiger partial charge in [0.05, 0.1) is 23.3 Å². The van der Waals surface area contributed by atoms with Crippen LogP contribution in [0.4, 0.5) is 11.4 Å². The first-order valence-corrected chi connectivity index (χ1v) is 11.3. The van der Waals surface area contributed by atoms with Crippen molar-refractivity contribution >= 4 is 29.0 Å². The molecule has 172 valence electrons. The van der Waals surface area contributed by atoms with Gasteiger partial charge in [0.1, 0.15) is 5.75 Å². The van der Waals surface area contributed by atoms with Gasteiger partial charge < -0.3 is 10.1 Å². The molecule has 0 atom stereocenters. The van der Waals surface area contributed by atoms with Crippen molar-refractivity contribution in [3.8, 4) is 22.8 Å². The highest BCUT2D eigenvalue weighted by molar-refractivity contribution is 7.99. The van der Waals surface area contributed by atoms with Crippen LogP contribution in [0.15, 0.2) is 78.0 Å². The summed E-state index contributed by atoms with van der Waals surface area (Å²) in [6.07, 6.45) is 0. The van der Waals surface area contributed by atoms with Crippen LogP contribution in [0.1, 0.15) is 5.56 Å². The van der Waals surface area contributed by atoms with Crippen LogP contribution >= 0.6 is 11.8 Å². The van der Waals surface area contributed by atoms with Gasteiger partial charge in [-0.05, 0) is 37.3 Å². The molecule has 0 aliphatic carbocycles. The number of hydrogen-bond acceptors (Lipinski definition) is 7. The SMILES string of the molecule is COc1ccccc1-c1nnc(SCC(=O)Nc2ccc(C)c([N+](=O)[O-])c2)n1-c1ccccc1. The number of nitro groups is 1. The van der Waals surface area contributed by atoms with Crippen molar-refractivity contribution in [1.82, 2.24) is 14.8 Å². The highest BCUT2D eigenvalue weighted by Gasteiger charge is 2.20. The first-order valence-electron chi connectivity index (χ1n) is 10.3. The van der Waals surface area contributed by atoms with Gasteiger partial charge in [0.25, 0.3) is 5.69 Å². The van der Waals surface area contributed by atoms with Gasteiger partial charge in [-0.15, -0.1) is 10.2 Å². The minimum absolute atomic E-state index is 0.0402. The van der Waals surface area contributed by atoms with Crippen molar-refractivity contribution in [3.05, 3.63) is 88.5 Å². The van der Waals surface area contributed by atoms with Gasteiger partial charge in [-0.3, -0.25) is 19.5 Å². The van der Waals surface area contributed by atoms with E-state index in [9.17, 15) is 14.9 Å². The third-order valence-electron chi connectivity index (χ3n) is 5.02. The number of rotatable bonds is 8. The summed E-state index contributed by atoms with van der Waals surface area (Å²) in [4.78, 5) is 23.3. The van der Waals surface area contributed by atoms with Crippen molar-refractivity contribution in [1.29, 1.82) is 0 Å². The number of methoxy groups -OCH3 is 1. The maximum Gasteiger partial charge on any atom is 0.274 e. The van der Waals surface area contributed by atoms with Gasteiger partial charge in [0, 0.05) is 23.0 Å². The zero-order chi connectivity index (χ0) is 24.1. The Labute approximate surface area is 199 Å². The quantitative estimate of drug-likeness (QED) is 0.219. The predicted octanol–water partition coefficient (Wildman–Crippen LogP) is 4.89. The topological polar surface area (TPSA) is 112 Å². The zero-order valence-corrected chi connectivity index (χ0v) is 19.3. The molecule has 0 aliphatic heterocycles. The van der Waals surface area contributed by atoms with Crippen molar-refractivity contribution < 1.29 is 14.5 Å². The molecule has 3 aromatic carbocycles. The van der Waals surface area contributed by atoms with E-state index < -0.39 is 4.92 Å². The van der Waals surface area contributed by atoms with Gasteiger partial charge in [0.15, 0.2) is 11.0 Å². The number of carbonyl (C=O) groups is 1. The summed E-state index contributed by atoms with van der Waals surface area (Å²) in [6, 6.07) is 21.7. The van der Waals surface area contributed by atoms with E-state index in [0.717, 1.165) is 11.3 Å². The number of benzene rings is 3. The Hall–Kier alpha value is -4.18. The maximum absolute atomic E-state index is 12.6. The molecule has 0 bridgehead atoms. The fourth-order valence-corrected chi connectivity index (χ4v) is 4.14. The fourth-order valence-electron chi connectivity index (χ4n) is 3.39. The number of para-hydroxylation sites is 2. The van der Waals surface area contributed by atoms with E-state index in [0.29, 0.717) is 28.0 Å². The molecule has 0 fully saturated rings. The molecule has 0 aliphatic rings. The molecular formula is C24H21N5O4S. The highest BCUT2D eigenvalue weighted by atomic mass is 32.2. The summed E-state index contributed by atoms with van der Waals surface area (Å²) >= 11 is 1.21. The van der Waals surface area contributed by atoms with Crippen molar-refractivity contribution in [2.24, 2.45) is 0 Å². The molecule has 1 aromatic heterocycles. The fraction of sp³-hybridized carbons (Fsp3) is 0.125. The van der Waals surface area contributed by atoms with Crippen LogP contribution in [-0.4, -0.2) is 38.5 Å². The first kappa shape index (κ1) is 23.0. The molecule has 4 rings (SSSR count). The third kappa shape index (κ3) is 4.91. The number of hydrogen-bond donors (Lipinski definition) is 1. The Morgan fingerprint density at radius 1 is 1.09 bits per heavy atom. The third-order valence-corrected chi connectivity index (χ3v) is 5.95. The summed E-state index contributed by atoms with van der Waals surface area (Å²) in [5, 5.41) is 23.1. The van der Waals surface area contributed by atoms with E-state index in [-0.39, 0.29) is 17.3 Å². The minimum Gasteiger partial charge on any atom is -0.496 e. The molecule has 0 spiro atoms. The van der Waals surface area contributed by atoms with E-state index in [4.69, 9.17) is 4.74 Å². The number of ether oxygens (including phenoxy) is 1. The van der Waals surface area contributed by atoms with Gasteiger partial charge in [-0.2, -0.15) is 0 Å². The Kier molecular flexibility index (Phi) is 6.88. The number of nitrogens with zero attached hydrogens (tertiary/aromatic N) is 4. The molecule has 1 N–H and O–H groups in total. The molecule has 1 amide bonds. The smallest absolute Gasteiger partial charge is 0.274 e. The Morgan fingerprint density at radius 3 is 2.56 bits per heavy atom. The summed E-state index contributed by atoms with van der Waals surface area (Å²) in [7, 11) is 1.59. The van der Waals surface area contributed by atoms with Crippen molar-refractivity contribution in [2.45, 2.75) is 12.1 Å². The van der Waals surface area contributed by atoms with Gasteiger partial charge in [0.2, 0.25) is 5.91 Å². The number of carbonyl (C=O) groups excluding carboxylic acids is 1. The Morgan fingerprint density at radius 2 is 1.82 bits per heavy atom. The monoisotopic (exact) mass is 475 g/mol. The normalized spacial score (nSPS) is 10.6. The van der Waals surface area contributed by atoms with E-state index in [1.54, 1.807) is 26.2 Å². The zero-order valence-electron chi connectivity index (χ0n) is 18.5. The van der Waals surface area contributed by atoms with Gasteiger partial charge >= 0.3 is 0 Å². The lowest BCUT2D eigenvalue weighted by molar-refractivity contribution is -0.385. The summed E-state index contributed by atoms with van der Waals surface area (Å²) in [6.45, 7) is 1.65. The number of thioether (sulfide) groups is 1. The standard InChI is InChI=1S/C24H21N5O4S/c1-16-12-13-17(14-20(16)29(31)32)25-22(30)15-34-24-27-26-23(19-10-6-7-11-21(19)33-2)28(24)18-8-4-3-5-9-18/h3-14H,15H2,1-2H3,(H,25,30). The maximum atomic E-state index is 12.6. The Balaban J connectivity index is 1.59. The number of aromatic nitrogens is 3. The molecule has 0 saturated carbocycles. The average molecular weight is 476 g/mol. The van der Waals surface area contributed by atoms with E-state index in [2.05, 4.69) is 15.5 Å². The molecule has 0 radical (unpaired) electrons. The summed E-state index contributed by atoms with van der Waals surface area (Å²) in [5.74, 6) is 0.964. The van der Waals surface area contributed by atoms with Crippen LogP contribution in [0.3, 0.4) is 0 Å². The van der Waals surface area contributed by atoms with Crippen LogP contribution < -0.4 is 10.1 Å². The van der Waals surface area contributed by atoms with Crippen LogP contribution in [0.25, 0.3) is 17.1 Å². The van der Waals surface area contributed by atoms with E-state index >= 15 is 0 Å². The number of aryl methyl sites for hydroxylation is 1. The average Bonchev–Trinajstić information content (AvgIpc) is 3.28. The van der Waals surface area contributed by atoms with Crippen LogP contribution in [0.5, 0.6) is 5.75 Å². The molecule has 9 nitrogen and oxygen atoms in total. The van der Waals surface area contributed by atoms with E-state index in [1.807, 2.05) is 59.2 Å². The molecule has 1 heterocycles. The lowest BCUT2D eigenvalue weighted by Crippen LogP contribution is -2.15. The molecule has 0 unspecified atom stereocenters. The highest BCUT2D eigenvalue weighted by Crippen LogP contribution is 2.33. The van der Waals surface area contributed by atoms with E-state index in [1.165, 1.54) is 17.8 Å². The number of anilines is 1. The van der Waals surface area contributed by atoms with Crippen LogP contribution in [0.2, 0.25) is 0 Å². The van der Waals surface area contributed by atoms with Crippen LogP contribution in [-0.2, 0) is 4.79 Å². The van der Waals surface area contributed by atoms with Crippen molar-refractivity contribution in [2.75, 3.05) is 18.2 Å². The minimum atomic E-state index is -0.471. The number of nitrogens with one attached hydrogen (secondary N) is 1. The molecular weight excluding hydrogens is 454 g/mol. The largest absolute Gasteiger partial charge is 0.496 e. The van der Waals surface area contributed by atoms with Gasteiger partial charge in [-0.25, -0.2) is 0 Å². The second-order valence-electron chi connectivity index (χ2n) is 7.27. The first-order chi connectivity index (χ1) is 16.5. The molecule has 34 heavy (non-hydrogen) atoms. The number of nitro benzene ring substituents is 1. The van der Waals surface area contributed by atoms with Crippen molar-refractivity contribution in [3.63, 3.8) is 0 Å². The summed E-state index contributed by atoms with van der Waals surface area (Å²) in [5.41, 5.74) is 2.45. The lowest BCUT2D eigenvalue weighted by Gasteiger charge is -2.12. The lowest BCUT2D eigenvalue weighted by atomic mass is 10.2. The molecule has 4 aromatic rings. The second kappa shape index (κ2) is 10.2.